The second kappa shape index (κ2) is 11.5. The number of nitrogens with zero attached hydrogens (tertiary/aromatic N) is 4. The molecule has 1 aliphatic heterocycles. The monoisotopic (exact) mass is 509 g/mol. The predicted octanol–water partition coefficient (Wildman–Crippen LogP) is 3.57. The number of nitrogens with one attached hydrogen (secondary N) is 1. The number of benzene rings is 1. The fraction of sp³-hybridized carbons (Fsp3) is 0.536. The van der Waals surface area contributed by atoms with Gasteiger partial charge in [0.05, 0.1) is 12.6 Å². The molecule has 3 amide bonds. The topological polar surface area (TPSA) is 87.2 Å². The van der Waals surface area contributed by atoms with E-state index in [2.05, 4.69) is 53.6 Å². The third-order valence-corrected chi connectivity index (χ3v) is 8.00. The van der Waals surface area contributed by atoms with E-state index in [0.29, 0.717) is 31.4 Å². The van der Waals surface area contributed by atoms with Crippen molar-refractivity contribution in [2.24, 2.45) is 0 Å². The van der Waals surface area contributed by atoms with Crippen LogP contribution in [0.3, 0.4) is 0 Å². The van der Waals surface area contributed by atoms with Gasteiger partial charge in [-0.1, -0.05) is 36.4 Å². The summed E-state index contributed by atoms with van der Waals surface area (Å²) in [5.41, 5.74) is 0.941. The summed E-state index contributed by atoms with van der Waals surface area (Å²) in [4.78, 5) is 36.8. The molecule has 1 aromatic heterocycles. The summed E-state index contributed by atoms with van der Waals surface area (Å²) in [6.45, 7) is 1.73. The minimum atomic E-state index is -0.298. The SMILES string of the molecule is COCCCN1C(=O)N(CC(=O)Nc2cccc(OC)n2)C[C@]12CC[C@](c1ccccc1)(N(C)C)CC2. The van der Waals surface area contributed by atoms with E-state index in [4.69, 9.17) is 9.47 Å². The van der Waals surface area contributed by atoms with Crippen LogP contribution in [0, 0.1) is 0 Å². The van der Waals surface area contributed by atoms with Crippen molar-refractivity contribution in [3.63, 3.8) is 0 Å². The first-order valence-corrected chi connectivity index (χ1v) is 12.9. The molecule has 2 heterocycles. The summed E-state index contributed by atoms with van der Waals surface area (Å²) in [5.74, 6) is 0.549. The average molecular weight is 510 g/mol. The van der Waals surface area contributed by atoms with Crippen LogP contribution >= 0.6 is 0 Å². The number of aromatic nitrogens is 1. The van der Waals surface area contributed by atoms with Crippen molar-refractivity contribution in [3.05, 3.63) is 54.1 Å². The average Bonchev–Trinajstić information content (AvgIpc) is 3.15. The number of hydrogen-bond acceptors (Lipinski definition) is 6. The first kappa shape index (κ1) is 26.9. The lowest BCUT2D eigenvalue weighted by Gasteiger charge is -2.51. The lowest BCUT2D eigenvalue weighted by atomic mass is 9.68. The summed E-state index contributed by atoms with van der Waals surface area (Å²) in [6, 6.07) is 15.8. The molecule has 1 aliphatic carbocycles. The van der Waals surface area contributed by atoms with Gasteiger partial charge in [0.1, 0.15) is 12.4 Å². The second-order valence-corrected chi connectivity index (χ2v) is 10.3. The van der Waals surface area contributed by atoms with Crippen molar-refractivity contribution in [1.29, 1.82) is 0 Å². The van der Waals surface area contributed by atoms with Gasteiger partial charge >= 0.3 is 6.03 Å². The molecule has 0 radical (unpaired) electrons. The van der Waals surface area contributed by atoms with Crippen molar-refractivity contribution in [1.82, 2.24) is 19.7 Å². The fourth-order valence-electron chi connectivity index (χ4n) is 5.96. The van der Waals surface area contributed by atoms with Gasteiger partial charge in [0.25, 0.3) is 0 Å². The highest BCUT2D eigenvalue weighted by Crippen LogP contribution is 2.48. The Bertz CT molecular complexity index is 1070. The van der Waals surface area contributed by atoms with Crippen LogP contribution in [0.4, 0.5) is 10.6 Å². The quantitative estimate of drug-likeness (QED) is 0.493. The number of methoxy groups -OCH3 is 2. The number of carbonyl (C=O) groups is 2. The molecule has 9 nitrogen and oxygen atoms in total. The third-order valence-electron chi connectivity index (χ3n) is 8.00. The molecule has 0 bridgehead atoms. The Morgan fingerprint density at radius 3 is 2.43 bits per heavy atom. The molecule has 2 fully saturated rings. The van der Waals surface area contributed by atoms with Gasteiger partial charge in [-0.2, -0.15) is 4.98 Å². The fourth-order valence-corrected chi connectivity index (χ4v) is 5.96. The van der Waals surface area contributed by atoms with Gasteiger partial charge < -0.3 is 24.6 Å². The number of hydrogen-bond donors (Lipinski definition) is 1. The number of rotatable bonds is 10. The molecule has 1 saturated carbocycles. The van der Waals surface area contributed by atoms with Crippen molar-refractivity contribution < 1.29 is 19.1 Å². The minimum absolute atomic E-state index is 0.0161. The normalized spacial score (nSPS) is 23.6. The standard InChI is InChI=1S/C28H39N5O4/c1-31(2)28(22-10-6-5-7-11-22)16-14-27(15-17-28)21-32(26(35)33(27)18-9-19-36-3)20-24(34)29-23-12-8-13-25(30-23)37-4/h5-8,10-13H,9,14-21H2,1-4H3,(H,29,30,34)/t27-,28+. The van der Waals surface area contributed by atoms with Crippen LogP contribution in [0.5, 0.6) is 5.88 Å². The zero-order valence-electron chi connectivity index (χ0n) is 22.4. The van der Waals surface area contributed by atoms with Gasteiger partial charge in [-0.3, -0.25) is 9.69 Å². The molecule has 9 heteroatoms. The van der Waals surface area contributed by atoms with Gasteiger partial charge in [-0.25, -0.2) is 4.79 Å². The molecule has 1 saturated heterocycles. The van der Waals surface area contributed by atoms with Crippen LogP contribution in [0.25, 0.3) is 0 Å². The highest BCUT2D eigenvalue weighted by Gasteiger charge is 2.54. The number of anilines is 1. The van der Waals surface area contributed by atoms with E-state index in [1.807, 2.05) is 11.0 Å². The molecule has 0 atom stereocenters. The Morgan fingerprint density at radius 1 is 1.05 bits per heavy atom. The molecular formula is C28H39N5O4. The second-order valence-electron chi connectivity index (χ2n) is 10.3. The first-order valence-electron chi connectivity index (χ1n) is 12.9. The smallest absolute Gasteiger partial charge is 0.321 e. The Balaban J connectivity index is 1.51. The molecule has 1 spiro atoms. The van der Waals surface area contributed by atoms with E-state index < -0.39 is 0 Å². The molecule has 37 heavy (non-hydrogen) atoms. The van der Waals surface area contributed by atoms with Gasteiger partial charge in [0.15, 0.2) is 0 Å². The molecule has 200 valence electrons. The van der Waals surface area contributed by atoms with E-state index in [-0.39, 0.29) is 29.6 Å². The molecule has 2 aromatic rings. The maximum Gasteiger partial charge on any atom is 0.321 e. The zero-order valence-corrected chi connectivity index (χ0v) is 22.4. The van der Waals surface area contributed by atoms with E-state index in [1.54, 1.807) is 30.2 Å². The lowest BCUT2D eigenvalue weighted by molar-refractivity contribution is -0.116. The summed E-state index contributed by atoms with van der Waals surface area (Å²) < 4.78 is 10.4. The summed E-state index contributed by atoms with van der Waals surface area (Å²) in [7, 11) is 7.49. The van der Waals surface area contributed by atoms with Crippen LogP contribution in [0.2, 0.25) is 0 Å². The molecule has 1 aromatic carbocycles. The Morgan fingerprint density at radius 2 is 1.78 bits per heavy atom. The Hall–Kier alpha value is -3.17. The Kier molecular flexibility index (Phi) is 8.34. The maximum absolute atomic E-state index is 13.6. The van der Waals surface area contributed by atoms with Gasteiger partial charge in [-0.05, 0) is 57.8 Å². The van der Waals surface area contributed by atoms with E-state index >= 15 is 0 Å². The highest BCUT2D eigenvalue weighted by molar-refractivity contribution is 5.94. The van der Waals surface area contributed by atoms with Crippen molar-refractivity contribution in [3.8, 4) is 5.88 Å². The number of carbonyl (C=O) groups excluding carboxylic acids is 2. The van der Waals surface area contributed by atoms with Crippen molar-refractivity contribution >= 4 is 17.8 Å². The van der Waals surface area contributed by atoms with Crippen molar-refractivity contribution in [2.45, 2.75) is 43.2 Å². The van der Waals surface area contributed by atoms with Crippen LogP contribution in [0.15, 0.2) is 48.5 Å². The summed E-state index contributed by atoms with van der Waals surface area (Å²) >= 11 is 0. The molecule has 0 unspecified atom stereocenters. The van der Waals surface area contributed by atoms with Crippen LogP contribution in [-0.2, 0) is 15.1 Å². The van der Waals surface area contributed by atoms with Gasteiger partial charge in [0, 0.05) is 38.4 Å². The summed E-state index contributed by atoms with van der Waals surface area (Å²) in [5, 5.41) is 2.80. The summed E-state index contributed by atoms with van der Waals surface area (Å²) in [6.07, 6.45) is 4.37. The molecule has 1 N–H and O–H groups in total. The largest absolute Gasteiger partial charge is 0.481 e. The lowest BCUT2D eigenvalue weighted by Crippen LogP contribution is -2.55. The van der Waals surface area contributed by atoms with Crippen molar-refractivity contribution in [2.75, 3.05) is 59.9 Å². The Labute approximate surface area is 219 Å². The van der Waals surface area contributed by atoms with E-state index in [0.717, 1.165) is 32.1 Å². The predicted molar refractivity (Wildman–Crippen MR) is 143 cm³/mol. The van der Waals surface area contributed by atoms with Crippen LogP contribution in [0.1, 0.15) is 37.7 Å². The zero-order chi connectivity index (χ0) is 26.5. The maximum atomic E-state index is 13.6. The van der Waals surface area contributed by atoms with E-state index in [9.17, 15) is 9.59 Å². The molecule has 4 rings (SSSR count). The minimum Gasteiger partial charge on any atom is -0.481 e. The number of amides is 3. The van der Waals surface area contributed by atoms with Gasteiger partial charge in [-0.15, -0.1) is 0 Å². The van der Waals surface area contributed by atoms with Gasteiger partial charge in [0.2, 0.25) is 11.8 Å². The third kappa shape index (κ3) is 5.57. The molecular weight excluding hydrogens is 470 g/mol. The molecule has 2 aliphatic rings. The highest BCUT2D eigenvalue weighted by atomic mass is 16.5. The number of urea groups is 1. The van der Waals surface area contributed by atoms with E-state index in [1.165, 1.54) is 12.7 Å². The van der Waals surface area contributed by atoms with Crippen LogP contribution in [-0.4, -0.2) is 91.7 Å². The number of pyridine rings is 1. The number of ether oxygens (including phenoxy) is 2. The first-order chi connectivity index (χ1) is 17.8. The van der Waals surface area contributed by atoms with Crippen LogP contribution < -0.4 is 10.1 Å².